The minimum Gasteiger partial charge on any atom is -0.452 e. The highest BCUT2D eigenvalue weighted by molar-refractivity contribution is 7.90. The zero-order valence-electron chi connectivity index (χ0n) is 15.7. The van der Waals surface area contributed by atoms with E-state index in [4.69, 9.17) is 27.9 Å². The van der Waals surface area contributed by atoms with Crippen LogP contribution in [0.4, 0.5) is 5.69 Å². The second kappa shape index (κ2) is 9.41. The van der Waals surface area contributed by atoms with Crippen molar-refractivity contribution in [3.05, 3.63) is 67.7 Å². The average Bonchev–Trinajstić information content (AvgIpc) is 2.64. The van der Waals surface area contributed by atoms with Crippen molar-refractivity contribution in [1.82, 2.24) is 5.32 Å². The Morgan fingerprint density at radius 2 is 1.87 bits per heavy atom. The molecule has 0 aliphatic heterocycles. The van der Waals surface area contributed by atoms with Gasteiger partial charge in [-0.25, -0.2) is 13.2 Å². The molecule has 30 heavy (non-hydrogen) atoms. The summed E-state index contributed by atoms with van der Waals surface area (Å²) in [4.78, 5) is 33.8. The van der Waals surface area contributed by atoms with Crippen LogP contribution < -0.4 is 5.32 Å². The summed E-state index contributed by atoms with van der Waals surface area (Å²) in [5.74, 6) is -1.66. The van der Waals surface area contributed by atoms with Gasteiger partial charge >= 0.3 is 5.97 Å². The summed E-state index contributed by atoms with van der Waals surface area (Å²) in [6, 6.07) is 7.06. The number of benzene rings is 2. The van der Waals surface area contributed by atoms with Crippen LogP contribution in [0.5, 0.6) is 0 Å². The van der Waals surface area contributed by atoms with Crippen molar-refractivity contribution in [1.29, 1.82) is 0 Å². The SMILES string of the molecule is C[C@H](NC(=O)COC(=O)c1ccc(S(C)(=O)=O)c([N+](=O)[O-])c1)c1ccc(Cl)cc1Cl. The van der Waals surface area contributed by atoms with Crippen molar-refractivity contribution in [3.63, 3.8) is 0 Å². The Hall–Kier alpha value is -2.69. The minimum atomic E-state index is -3.87. The smallest absolute Gasteiger partial charge is 0.338 e. The minimum absolute atomic E-state index is 0.268. The lowest BCUT2D eigenvalue weighted by atomic mass is 10.1. The van der Waals surface area contributed by atoms with Crippen LogP contribution in [0.3, 0.4) is 0 Å². The fourth-order valence-electron chi connectivity index (χ4n) is 2.53. The highest BCUT2D eigenvalue weighted by atomic mass is 35.5. The van der Waals surface area contributed by atoms with Crippen molar-refractivity contribution >= 4 is 50.6 Å². The van der Waals surface area contributed by atoms with E-state index in [0.29, 0.717) is 15.6 Å². The van der Waals surface area contributed by atoms with Crippen LogP contribution in [0, 0.1) is 10.1 Å². The van der Waals surface area contributed by atoms with Gasteiger partial charge in [-0.05, 0) is 36.8 Å². The molecule has 1 atom stereocenters. The summed E-state index contributed by atoms with van der Waals surface area (Å²) in [6.45, 7) is 1.01. The number of carbonyl (C=O) groups is 2. The number of nitrogens with zero attached hydrogens (tertiary/aromatic N) is 1. The summed E-state index contributed by atoms with van der Waals surface area (Å²) < 4.78 is 28.1. The third-order valence-electron chi connectivity index (χ3n) is 3.93. The number of carbonyl (C=O) groups excluding carboxylic acids is 2. The molecule has 0 aliphatic carbocycles. The summed E-state index contributed by atoms with van der Waals surface area (Å²) in [5.41, 5.74) is -0.425. The second-order valence-electron chi connectivity index (χ2n) is 6.24. The van der Waals surface area contributed by atoms with Crippen LogP contribution in [0.2, 0.25) is 10.0 Å². The Kier molecular flexibility index (Phi) is 7.40. The van der Waals surface area contributed by atoms with Gasteiger partial charge in [0.05, 0.1) is 16.5 Å². The molecule has 160 valence electrons. The van der Waals surface area contributed by atoms with Crippen molar-refractivity contribution < 1.29 is 27.7 Å². The van der Waals surface area contributed by atoms with E-state index in [-0.39, 0.29) is 5.56 Å². The van der Waals surface area contributed by atoms with Gasteiger partial charge in [-0.2, -0.15) is 0 Å². The number of rotatable bonds is 7. The largest absolute Gasteiger partial charge is 0.452 e. The molecule has 0 bridgehead atoms. The van der Waals surface area contributed by atoms with Gasteiger partial charge in [0.15, 0.2) is 16.4 Å². The lowest BCUT2D eigenvalue weighted by Crippen LogP contribution is -2.31. The Labute approximate surface area is 182 Å². The van der Waals surface area contributed by atoms with Crippen molar-refractivity contribution in [2.45, 2.75) is 17.9 Å². The number of nitro groups is 1. The van der Waals surface area contributed by atoms with Crippen LogP contribution in [0.15, 0.2) is 41.3 Å². The lowest BCUT2D eigenvalue weighted by molar-refractivity contribution is -0.387. The molecule has 0 aliphatic rings. The second-order valence-corrected chi connectivity index (χ2v) is 9.07. The summed E-state index contributed by atoms with van der Waals surface area (Å²) in [7, 11) is -3.87. The van der Waals surface area contributed by atoms with Gasteiger partial charge in [0.25, 0.3) is 11.6 Å². The first-order chi connectivity index (χ1) is 13.9. The predicted octanol–water partition coefficient (Wildman–Crippen LogP) is 3.34. The predicted molar refractivity (Wildman–Crippen MR) is 110 cm³/mol. The van der Waals surface area contributed by atoms with Crippen LogP contribution in [-0.2, 0) is 19.4 Å². The maximum atomic E-state index is 12.1. The zero-order chi connectivity index (χ0) is 22.6. The van der Waals surface area contributed by atoms with Gasteiger partial charge < -0.3 is 10.1 Å². The molecule has 0 saturated carbocycles. The van der Waals surface area contributed by atoms with Crippen LogP contribution >= 0.6 is 23.2 Å². The molecule has 9 nitrogen and oxygen atoms in total. The van der Waals surface area contributed by atoms with E-state index < -0.39 is 49.9 Å². The first kappa shape index (κ1) is 23.6. The number of sulfone groups is 1. The molecular formula is C18H16Cl2N2O7S. The van der Waals surface area contributed by atoms with Gasteiger partial charge in [0, 0.05) is 22.4 Å². The normalized spacial score (nSPS) is 12.1. The van der Waals surface area contributed by atoms with Gasteiger partial charge in [0.2, 0.25) is 0 Å². The number of esters is 1. The number of hydrogen-bond acceptors (Lipinski definition) is 7. The highest BCUT2D eigenvalue weighted by Crippen LogP contribution is 2.27. The number of halogens is 2. The Morgan fingerprint density at radius 1 is 1.20 bits per heavy atom. The highest BCUT2D eigenvalue weighted by Gasteiger charge is 2.25. The summed E-state index contributed by atoms with van der Waals surface area (Å²) >= 11 is 11.9. The number of hydrogen-bond donors (Lipinski definition) is 1. The van der Waals surface area contributed by atoms with E-state index in [9.17, 15) is 28.1 Å². The van der Waals surface area contributed by atoms with Gasteiger partial charge in [-0.15, -0.1) is 0 Å². The van der Waals surface area contributed by atoms with Crippen molar-refractivity contribution in [3.8, 4) is 0 Å². The van der Waals surface area contributed by atoms with E-state index in [2.05, 4.69) is 5.32 Å². The number of nitro benzene ring substituents is 1. The molecule has 0 saturated heterocycles. The average molecular weight is 475 g/mol. The molecule has 2 rings (SSSR count). The van der Waals surface area contributed by atoms with Gasteiger partial charge in [0.1, 0.15) is 4.90 Å². The Balaban J connectivity index is 2.05. The molecule has 0 spiro atoms. The van der Waals surface area contributed by atoms with Crippen LogP contribution in [0.25, 0.3) is 0 Å². The van der Waals surface area contributed by atoms with E-state index in [0.717, 1.165) is 24.5 Å². The topological polar surface area (TPSA) is 133 Å². The van der Waals surface area contributed by atoms with Crippen LogP contribution in [-0.4, -0.2) is 38.1 Å². The lowest BCUT2D eigenvalue weighted by Gasteiger charge is -2.16. The number of ether oxygens (including phenoxy) is 1. The molecule has 0 unspecified atom stereocenters. The first-order valence-corrected chi connectivity index (χ1v) is 10.9. The fourth-order valence-corrected chi connectivity index (χ4v) is 3.93. The maximum absolute atomic E-state index is 12.1. The molecule has 1 amide bonds. The standard InChI is InChI=1S/C18H16Cl2N2O7S/c1-10(13-5-4-12(19)8-14(13)20)21-17(23)9-29-18(24)11-3-6-16(30(2,27)28)15(7-11)22(25)26/h3-8,10H,9H2,1-2H3,(H,21,23)/t10-/m0/s1. The van der Waals surface area contributed by atoms with E-state index in [1.165, 1.54) is 6.07 Å². The number of amides is 1. The molecule has 2 aromatic carbocycles. The number of nitrogens with one attached hydrogen (secondary N) is 1. The quantitative estimate of drug-likeness (QED) is 0.369. The summed E-state index contributed by atoms with van der Waals surface area (Å²) in [6.07, 6.45) is 0.811. The first-order valence-electron chi connectivity index (χ1n) is 8.30. The summed E-state index contributed by atoms with van der Waals surface area (Å²) in [5, 5.41) is 14.5. The van der Waals surface area contributed by atoms with Crippen molar-refractivity contribution in [2.75, 3.05) is 12.9 Å². The monoisotopic (exact) mass is 474 g/mol. The third kappa shape index (κ3) is 5.91. The molecule has 2 aromatic rings. The van der Waals surface area contributed by atoms with E-state index >= 15 is 0 Å². The molecule has 12 heteroatoms. The van der Waals surface area contributed by atoms with Gasteiger partial charge in [-0.3, -0.25) is 14.9 Å². The maximum Gasteiger partial charge on any atom is 0.338 e. The molecule has 0 radical (unpaired) electrons. The Morgan fingerprint density at radius 3 is 2.43 bits per heavy atom. The van der Waals surface area contributed by atoms with Crippen LogP contribution in [0.1, 0.15) is 28.9 Å². The van der Waals surface area contributed by atoms with Gasteiger partial charge in [-0.1, -0.05) is 29.3 Å². The van der Waals surface area contributed by atoms with E-state index in [1.54, 1.807) is 19.1 Å². The molecule has 0 fully saturated rings. The Bertz CT molecular complexity index is 1120. The van der Waals surface area contributed by atoms with E-state index in [1.807, 2.05) is 0 Å². The fraction of sp³-hybridized carbons (Fsp3) is 0.222. The molecule has 0 aromatic heterocycles. The third-order valence-corrected chi connectivity index (χ3v) is 5.64. The van der Waals surface area contributed by atoms with Crippen molar-refractivity contribution in [2.24, 2.45) is 0 Å². The zero-order valence-corrected chi connectivity index (χ0v) is 18.0. The molecular weight excluding hydrogens is 459 g/mol. The molecule has 0 heterocycles. The molecule has 1 N–H and O–H groups in total.